The van der Waals surface area contributed by atoms with E-state index in [-0.39, 0.29) is 0 Å². The molecule has 2 atom stereocenters. The van der Waals surface area contributed by atoms with Gasteiger partial charge in [0.2, 0.25) is 0 Å². The molecule has 4 rings (SSSR count). The van der Waals surface area contributed by atoms with Gasteiger partial charge in [0.1, 0.15) is 17.8 Å². The summed E-state index contributed by atoms with van der Waals surface area (Å²) < 4.78 is 2.02. The molecule has 0 bridgehead atoms. The Labute approximate surface area is 136 Å². The Morgan fingerprint density at radius 3 is 2.78 bits per heavy atom. The van der Waals surface area contributed by atoms with E-state index in [0.29, 0.717) is 11.9 Å². The molecule has 0 aliphatic carbocycles. The summed E-state index contributed by atoms with van der Waals surface area (Å²) in [5.41, 5.74) is 8.85. The van der Waals surface area contributed by atoms with Crippen LogP contribution in [-0.4, -0.2) is 32.8 Å². The van der Waals surface area contributed by atoms with Crippen molar-refractivity contribution in [3.63, 3.8) is 0 Å². The van der Waals surface area contributed by atoms with Crippen molar-refractivity contribution in [3.8, 4) is 11.3 Å². The summed E-state index contributed by atoms with van der Waals surface area (Å²) in [5.74, 6) is 0.481. The SMILES string of the molecule is Nc1ncnc2c1c(-c1ccc(P)cc1)nn2C1CCCNC1. The fourth-order valence-corrected chi connectivity index (χ4v) is 3.33. The number of nitrogens with zero attached hydrogens (tertiary/aromatic N) is 4. The minimum atomic E-state index is 0.301. The van der Waals surface area contributed by atoms with Crippen molar-refractivity contribution < 1.29 is 0 Å². The third-order valence-corrected chi connectivity index (χ3v) is 4.70. The highest BCUT2D eigenvalue weighted by Crippen LogP contribution is 2.32. The third-order valence-electron chi connectivity index (χ3n) is 4.32. The summed E-state index contributed by atoms with van der Waals surface area (Å²) >= 11 is 0. The Bertz CT molecular complexity index is 836. The number of nitrogen functional groups attached to an aromatic ring is 1. The Morgan fingerprint density at radius 1 is 1.22 bits per heavy atom. The van der Waals surface area contributed by atoms with Crippen molar-refractivity contribution >= 4 is 31.4 Å². The number of aromatic nitrogens is 4. The zero-order chi connectivity index (χ0) is 15.8. The summed E-state index contributed by atoms with van der Waals surface area (Å²) in [5, 5.41) is 10.3. The number of nitrogens with two attached hydrogens (primary N) is 1. The molecule has 1 aliphatic heterocycles. The fourth-order valence-electron chi connectivity index (χ4n) is 3.14. The van der Waals surface area contributed by atoms with E-state index in [4.69, 9.17) is 10.8 Å². The molecule has 1 aromatic carbocycles. The Kier molecular flexibility index (Phi) is 3.71. The molecule has 0 amide bonds. The van der Waals surface area contributed by atoms with Gasteiger partial charge in [-0.3, -0.25) is 0 Å². The van der Waals surface area contributed by atoms with Crippen LogP contribution in [0.4, 0.5) is 5.82 Å². The fraction of sp³-hybridized carbons (Fsp3) is 0.312. The van der Waals surface area contributed by atoms with Crippen LogP contribution in [0.5, 0.6) is 0 Å². The molecule has 0 saturated carbocycles. The van der Waals surface area contributed by atoms with Crippen LogP contribution in [0.1, 0.15) is 18.9 Å². The van der Waals surface area contributed by atoms with Crippen LogP contribution < -0.4 is 16.4 Å². The molecule has 1 fully saturated rings. The first kappa shape index (κ1) is 14.5. The van der Waals surface area contributed by atoms with Crippen LogP contribution in [0.3, 0.4) is 0 Å². The Balaban J connectivity index is 1.91. The predicted octanol–water partition coefficient (Wildman–Crippen LogP) is 1.50. The third kappa shape index (κ3) is 2.58. The van der Waals surface area contributed by atoms with Crippen molar-refractivity contribution in [1.29, 1.82) is 0 Å². The zero-order valence-electron chi connectivity index (χ0n) is 12.7. The highest BCUT2D eigenvalue weighted by atomic mass is 31.0. The van der Waals surface area contributed by atoms with Gasteiger partial charge in [-0.15, -0.1) is 9.24 Å². The lowest BCUT2D eigenvalue weighted by molar-refractivity contribution is 0.354. The molecular formula is C16H19N6P. The quantitative estimate of drug-likeness (QED) is 0.698. The van der Waals surface area contributed by atoms with Gasteiger partial charge in [-0.1, -0.05) is 24.3 Å². The van der Waals surface area contributed by atoms with Gasteiger partial charge in [-0.25, -0.2) is 14.6 Å². The maximum Gasteiger partial charge on any atom is 0.164 e. The van der Waals surface area contributed by atoms with Crippen molar-refractivity contribution in [2.45, 2.75) is 18.9 Å². The van der Waals surface area contributed by atoms with Crippen molar-refractivity contribution in [2.75, 3.05) is 18.8 Å². The van der Waals surface area contributed by atoms with Crippen LogP contribution in [0, 0.1) is 0 Å². The number of nitrogens with one attached hydrogen (secondary N) is 1. The minimum Gasteiger partial charge on any atom is -0.383 e. The molecule has 0 radical (unpaired) electrons. The van der Waals surface area contributed by atoms with Gasteiger partial charge in [0.05, 0.1) is 11.4 Å². The molecule has 23 heavy (non-hydrogen) atoms. The maximum atomic E-state index is 6.14. The van der Waals surface area contributed by atoms with Crippen LogP contribution in [0.15, 0.2) is 30.6 Å². The molecule has 2 unspecified atom stereocenters. The van der Waals surface area contributed by atoms with Gasteiger partial charge in [0.25, 0.3) is 0 Å². The number of benzene rings is 1. The lowest BCUT2D eigenvalue weighted by Gasteiger charge is -2.23. The first-order chi connectivity index (χ1) is 11.2. The van der Waals surface area contributed by atoms with E-state index in [9.17, 15) is 0 Å². The Hall–Kier alpha value is -2.04. The average Bonchev–Trinajstić information content (AvgIpc) is 2.97. The smallest absolute Gasteiger partial charge is 0.164 e. The van der Waals surface area contributed by atoms with E-state index in [0.717, 1.165) is 53.5 Å². The zero-order valence-corrected chi connectivity index (χ0v) is 13.9. The second-order valence-electron chi connectivity index (χ2n) is 5.87. The van der Waals surface area contributed by atoms with Gasteiger partial charge < -0.3 is 11.1 Å². The lowest BCUT2D eigenvalue weighted by Crippen LogP contribution is -2.32. The van der Waals surface area contributed by atoms with Crippen LogP contribution in [0.25, 0.3) is 22.3 Å². The second kappa shape index (κ2) is 5.87. The van der Waals surface area contributed by atoms with E-state index in [1.165, 1.54) is 6.33 Å². The topological polar surface area (TPSA) is 81.7 Å². The summed E-state index contributed by atoms with van der Waals surface area (Å²) in [6.45, 7) is 1.97. The van der Waals surface area contributed by atoms with Crippen molar-refractivity contribution in [1.82, 2.24) is 25.1 Å². The average molecular weight is 326 g/mol. The molecule has 7 heteroatoms. The standard InChI is InChI=1S/C16H19N6P/c17-15-13-14(10-3-5-12(23)6-4-10)21-22(16(13)20-9-19-15)11-2-1-7-18-8-11/h3-6,9,11,18H,1-2,7-8,23H2,(H2,17,19,20). The molecule has 2 aromatic heterocycles. The minimum absolute atomic E-state index is 0.301. The Morgan fingerprint density at radius 2 is 2.04 bits per heavy atom. The molecule has 0 spiro atoms. The summed E-state index contributed by atoms with van der Waals surface area (Å²) in [4.78, 5) is 8.62. The van der Waals surface area contributed by atoms with Gasteiger partial charge in [-0.05, 0) is 24.7 Å². The number of rotatable bonds is 2. The van der Waals surface area contributed by atoms with Gasteiger partial charge >= 0.3 is 0 Å². The molecule has 6 nitrogen and oxygen atoms in total. The molecule has 1 aliphatic rings. The lowest BCUT2D eigenvalue weighted by atomic mass is 10.1. The highest BCUT2D eigenvalue weighted by Gasteiger charge is 2.23. The predicted molar refractivity (Wildman–Crippen MR) is 95.7 cm³/mol. The number of piperidine rings is 1. The number of hydrogen-bond donors (Lipinski definition) is 2. The number of fused-ring (bicyclic) bond motifs is 1. The van der Waals surface area contributed by atoms with Gasteiger partial charge in [0, 0.05) is 12.1 Å². The van der Waals surface area contributed by atoms with Crippen LogP contribution in [-0.2, 0) is 0 Å². The maximum absolute atomic E-state index is 6.14. The molecule has 3 aromatic rings. The van der Waals surface area contributed by atoms with Gasteiger partial charge in [-0.2, -0.15) is 5.10 Å². The van der Waals surface area contributed by atoms with Crippen LogP contribution in [0.2, 0.25) is 0 Å². The van der Waals surface area contributed by atoms with E-state index >= 15 is 0 Å². The van der Waals surface area contributed by atoms with Crippen LogP contribution >= 0.6 is 9.24 Å². The summed E-state index contributed by atoms with van der Waals surface area (Å²) in [6, 6.07) is 8.51. The molecule has 3 heterocycles. The first-order valence-electron chi connectivity index (χ1n) is 7.79. The van der Waals surface area contributed by atoms with E-state index < -0.39 is 0 Å². The van der Waals surface area contributed by atoms with E-state index in [1.807, 2.05) is 16.8 Å². The molecule has 1 saturated heterocycles. The monoisotopic (exact) mass is 326 g/mol. The normalized spacial score (nSPS) is 18.4. The number of anilines is 1. The summed E-state index contributed by atoms with van der Waals surface area (Å²) in [6.07, 6.45) is 3.75. The summed E-state index contributed by atoms with van der Waals surface area (Å²) in [7, 11) is 2.69. The van der Waals surface area contributed by atoms with Crippen molar-refractivity contribution in [2.24, 2.45) is 0 Å². The van der Waals surface area contributed by atoms with Gasteiger partial charge in [0.15, 0.2) is 5.65 Å². The molecular weight excluding hydrogens is 307 g/mol. The van der Waals surface area contributed by atoms with E-state index in [1.54, 1.807) is 0 Å². The molecule has 3 N–H and O–H groups in total. The number of hydrogen-bond acceptors (Lipinski definition) is 5. The largest absolute Gasteiger partial charge is 0.383 e. The second-order valence-corrected chi connectivity index (χ2v) is 6.54. The van der Waals surface area contributed by atoms with Crippen molar-refractivity contribution in [3.05, 3.63) is 30.6 Å². The van der Waals surface area contributed by atoms with E-state index in [2.05, 4.69) is 36.7 Å². The molecule has 118 valence electrons. The highest BCUT2D eigenvalue weighted by molar-refractivity contribution is 7.27. The first-order valence-corrected chi connectivity index (χ1v) is 8.37.